The standard InChI is InChI=1S/C19H16N4O7S2/c1-30-18-11-10-13(31(26,27)22-16-8-4-2-6-14(16)20-24)12-19(18)32(28,29)23-17-9-5-3-7-15(17)21-25/h2-12,22-23H,1H3. The lowest BCUT2D eigenvalue weighted by Gasteiger charge is -2.14. The third-order valence-corrected chi connectivity index (χ3v) is 6.98. The van der Waals surface area contributed by atoms with Crippen LogP contribution in [-0.4, -0.2) is 23.9 Å². The number of benzene rings is 3. The van der Waals surface area contributed by atoms with E-state index in [2.05, 4.69) is 19.8 Å². The van der Waals surface area contributed by atoms with Gasteiger partial charge in [0.15, 0.2) is 0 Å². The molecule has 0 aromatic heterocycles. The zero-order chi connectivity index (χ0) is 23.4. The number of nitroso groups, excluding NO2 is 2. The van der Waals surface area contributed by atoms with Gasteiger partial charge in [0.25, 0.3) is 20.0 Å². The fourth-order valence-electron chi connectivity index (χ4n) is 2.72. The molecule has 3 aromatic carbocycles. The fourth-order valence-corrected chi connectivity index (χ4v) is 5.16. The van der Waals surface area contributed by atoms with Crippen molar-refractivity contribution in [2.24, 2.45) is 10.4 Å². The first-order valence-electron chi connectivity index (χ1n) is 8.80. The van der Waals surface area contributed by atoms with Gasteiger partial charge in [0.05, 0.1) is 23.4 Å². The fraction of sp³-hybridized carbons (Fsp3) is 0.0526. The summed E-state index contributed by atoms with van der Waals surface area (Å²) in [5.41, 5.74) is -0.468. The van der Waals surface area contributed by atoms with Crippen LogP contribution in [0.1, 0.15) is 0 Å². The third kappa shape index (κ3) is 4.73. The van der Waals surface area contributed by atoms with Gasteiger partial charge < -0.3 is 4.74 Å². The molecular formula is C19H16N4O7S2. The van der Waals surface area contributed by atoms with Crippen molar-refractivity contribution in [1.29, 1.82) is 0 Å². The van der Waals surface area contributed by atoms with Crippen molar-refractivity contribution in [2.75, 3.05) is 16.6 Å². The van der Waals surface area contributed by atoms with E-state index in [0.717, 1.165) is 18.2 Å². The van der Waals surface area contributed by atoms with Crippen molar-refractivity contribution in [1.82, 2.24) is 0 Å². The summed E-state index contributed by atoms with van der Waals surface area (Å²) in [6, 6.07) is 14.5. The van der Waals surface area contributed by atoms with Gasteiger partial charge in [-0.15, -0.1) is 9.81 Å². The van der Waals surface area contributed by atoms with Crippen LogP contribution in [0.4, 0.5) is 22.7 Å². The Morgan fingerprint density at radius 2 is 1.22 bits per heavy atom. The molecule has 0 amide bonds. The summed E-state index contributed by atoms with van der Waals surface area (Å²) in [5, 5.41) is 5.52. The van der Waals surface area contributed by atoms with E-state index in [9.17, 15) is 26.6 Å². The molecule has 2 N–H and O–H groups in total. The van der Waals surface area contributed by atoms with Crippen LogP contribution < -0.4 is 14.2 Å². The molecule has 166 valence electrons. The van der Waals surface area contributed by atoms with Crippen LogP contribution in [-0.2, 0) is 20.0 Å². The maximum absolute atomic E-state index is 13.0. The molecule has 3 aromatic rings. The quantitative estimate of drug-likeness (QED) is 0.440. The third-order valence-electron chi connectivity index (χ3n) is 4.23. The van der Waals surface area contributed by atoms with Crippen LogP contribution >= 0.6 is 0 Å². The Morgan fingerprint density at radius 3 is 1.72 bits per heavy atom. The van der Waals surface area contributed by atoms with Crippen molar-refractivity contribution >= 4 is 42.8 Å². The molecule has 3 rings (SSSR count). The lowest BCUT2D eigenvalue weighted by Crippen LogP contribution is -2.17. The maximum atomic E-state index is 13.0. The van der Waals surface area contributed by atoms with E-state index in [-0.39, 0.29) is 28.5 Å². The Labute approximate surface area is 183 Å². The second-order valence-electron chi connectivity index (χ2n) is 6.24. The highest BCUT2D eigenvalue weighted by molar-refractivity contribution is 7.93. The second-order valence-corrected chi connectivity index (χ2v) is 9.57. The molecule has 0 heterocycles. The zero-order valence-electron chi connectivity index (χ0n) is 16.4. The predicted molar refractivity (Wildman–Crippen MR) is 118 cm³/mol. The number of anilines is 2. The van der Waals surface area contributed by atoms with E-state index in [1.807, 2.05) is 0 Å². The van der Waals surface area contributed by atoms with Gasteiger partial charge in [-0.1, -0.05) is 24.3 Å². The molecular weight excluding hydrogens is 460 g/mol. The smallest absolute Gasteiger partial charge is 0.265 e. The minimum atomic E-state index is -4.39. The average Bonchev–Trinajstić information content (AvgIpc) is 2.78. The van der Waals surface area contributed by atoms with E-state index in [1.54, 1.807) is 0 Å². The molecule has 13 heteroatoms. The molecule has 0 saturated carbocycles. The first kappa shape index (κ1) is 22.8. The van der Waals surface area contributed by atoms with Crippen molar-refractivity contribution in [3.05, 3.63) is 76.5 Å². The summed E-state index contributed by atoms with van der Waals surface area (Å²) in [4.78, 5) is 21.0. The van der Waals surface area contributed by atoms with Gasteiger partial charge in [-0.05, 0) is 52.8 Å². The molecule has 0 aliphatic heterocycles. The lowest BCUT2D eigenvalue weighted by atomic mass is 10.3. The van der Waals surface area contributed by atoms with Gasteiger partial charge in [-0.3, -0.25) is 9.44 Å². The minimum absolute atomic E-state index is 0.0770. The van der Waals surface area contributed by atoms with Crippen LogP contribution in [0.2, 0.25) is 0 Å². The monoisotopic (exact) mass is 476 g/mol. The maximum Gasteiger partial charge on any atom is 0.265 e. The predicted octanol–water partition coefficient (Wildman–Crippen LogP) is 4.09. The van der Waals surface area contributed by atoms with Gasteiger partial charge in [0.1, 0.15) is 22.0 Å². The Balaban J connectivity index is 2.05. The zero-order valence-corrected chi connectivity index (χ0v) is 18.1. The van der Waals surface area contributed by atoms with Crippen molar-refractivity contribution in [2.45, 2.75) is 9.79 Å². The van der Waals surface area contributed by atoms with Gasteiger partial charge in [-0.2, -0.15) is 0 Å². The van der Waals surface area contributed by atoms with Gasteiger partial charge in [-0.25, -0.2) is 16.8 Å². The van der Waals surface area contributed by atoms with Crippen LogP contribution in [0.3, 0.4) is 0 Å². The number of rotatable bonds is 9. The highest BCUT2D eigenvalue weighted by Crippen LogP contribution is 2.33. The summed E-state index contributed by atoms with van der Waals surface area (Å²) in [5.74, 6) is -0.136. The number of hydrogen-bond donors (Lipinski definition) is 2. The summed E-state index contributed by atoms with van der Waals surface area (Å²) in [7, 11) is -7.48. The van der Waals surface area contributed by atoms with E-state index >= 15 is 0 Å². The molecule has 0 atom stereocenters. The lowest BCUT2D eigenvalue weighted by molar-refractivity contribution is 0.402. The van der Waals surface area contributed by atoms with Gasteiger partial charge in [0.2, 0.25) is 0 Å². The normalized spacial score (nSPS) is 11.4. The van der Waals surface area contributed by atoms with E-state index in [0.29, 0.717) is 0 Å². The first-order valence-corrected chi connectivity index (χ1v) is 11.8. The summed E-state index contributed by atoms with van der Waals surface area (Å²) < 4.78 is 61.1. The Bertz CT molecular complexity index is 1390. The highest BCUT2D eigenvalue weighted by atomic mass is 32.2. The van der Waals surface area contributed by atoms with Crippen LogP contribution in [0.5, 0.6) is 5.75 Å². The minimum Gasteiger partial charge on any atom is -0.495 e. The van der Waals surface area contributed by atoms with Gasteiger partial charge in [0, 0.05) is 0 Å². The molecule has 0 aliphatic rings. The largest absolute Gasteiger partial charge is 0.495 e. The summed E-state index contributed by atoms with van der Waals surface area (Å²) in [6.45, 7) is 0. The van der Waals surface area contributed by atoms with Crippen LogP contribution in [0, 0.1) is 9.81 Å². The van der Waals surface area contributed by atoms with Crippen molar-refractivity contribution in [3.8, 4) is 5.75 Å². The summed E-state index contributed by atoms with van der Waals surface area (Å²) in [6.07, 6.45) is 0. The second kappa shape index (κ2) is 9.11. The summed E-state index contributed by atoms with van der Waals surface area (Å²) >= 11 is 0. The molecule has 11 nitrogen and oxygen atoms in total. The van der Waals surface area contributed by atoms with E-state index in [4.69, 9.17) is 4.74 Å². The highest BCUT2D eigenvalue weighted by Gasteiger charge is 2.25. The number of methoxy groups -OCH3 is 1. The molecule has 0 spiro atoms. The Hall–Kier alpha value is -3.84. The molecule has 32 heavy (non-hydrogen) atoms. The first-order chi connectivity index (χ1) is 15.2. The topological polar surface area (TPSA) is 160 Å². The number of nitrogens with zero attached hydrogens (tertiary/aromatic N) is 2. The van der Waals surface area contributed by atoms with E-state index < -0.39 is 29.8 Å². The van der Waals surface area contributed by atoms with Crippen molar-refractivity contribution < 1.29 is 21.6 Å². The number of hydrogen-bond acceptors (Lipinski definition) is 9. The molecule has 0 bridgehead atoms. The number of ether oxygens (including phenoxy) is 1. The average molecular weight is 476 g/mol. The SMILES string of the molecule is COc1ccc(S(=O)(=O)Nc2ccccc2N=O)cc1S(=O)(=O)Nc1ccccc1N=O. The number of para-hydroxylation sites is 2. The Morgan fingerprint density at radius 1 is 0.719 bits per heavy atom. The number of sulfonamides is 2. The number of nitrogens with one attached hydrogen (secondary N) is 2. The van der Waals surface area contributed by atoms with E-state index in [1.165, 1.54) is 55.6 Å². The molecule has 0 radical (unpaired) electrons. The van der Waals surface area contributed by atoms with Crippen molar-refractivity contribution in [3.63, 3.8) is 0 Å². The molecule has 0 aliphatic carbocycles. The van der Waals surface area contributed by atoms with Crippen LogP contribution in [0.25, 0.3) is 0 Å². The van der Waals surface area contributed by atoms with Gasteiger partial charge >= 0.3 is 0 Å². The molecule has 0 unspecified atom stereocenters. The molecule has 0 fully saturated rings. The van der Waals surface area contributed by atoms with Crippen LogP contribution in [0.15, 0.2) is 86.9 Å². The Kier molecular flexibility index (Phi) is 6.50. The molecule has 0 saturated heterocycles.